The number of carbonyl (C=O) groups is 2. The molecule has 0 aliphatic carbocycles. The van der Waals surface area contributed by atoms with E-state index < -0.39 is 0 Å². The van der Waals surface area contributed by atoms with E-state index in [9.17, 15) is 9.59 Å². The van der Waals surface area contributed by atoms with Gasteiger partial charge in [0.2, 0.25) is 5.91 Å². The molecule has 0 spiro atoms. The average Bonchev–Trinajstić information content (AvgIpc) is 3.18. The molecule has 3 rings (SSSR count). The van der Waals surface area contributed by atoms with Crippen molar-refractivity contribution in [2.24, 2.45) is 0 Å². The second-order valence-electron chi connectivity index (χ2n) is 7.91. The molecular weight excluding hydrogens is 434 g/mol. The summed E-state index contributed by atoms with van der Waals surface area (Å²) in [5.41, 5.74) is 4.65. The van der Waals surface area contributed by atoms with Gasteiger partial charge >= 0.3 is 0 Å². The Balaban J connectivity index is 1.68. The van der Waals surface area contributed by atoms with E-state index in [0.29, 0.717) is 23.1 Å². The van der Waals surface area contributed by atoms with Crippen molar-refractivity contribution < 1.29 is 9.59 Å². The number of anilines is 1. The van der Waals surface area contributed by atoms with Crippen molar-refractivity contribution in [1.82, 2.24) is 20.1 Å². The predicted molar refractivity (Wildman–Crippen MR) is 133 cm³/mol. The third-order valence-corrected chi connectivity index (χ3v) is 6.07. The van der Waals surface area contributed by atoms with Crippen LogP contribution in [-0.4, -0.2) is 32.3 Å². The topological polar surface area (TPSA) is 88.9 Å². The molecular formula is C25H29N5O2S. The molecule has 7 nitrogen and oxygen atoms in total. The van der Waals surface area contributed by atoms with Gasteiger partial charge in [-0.25, -0.2) is 0 Å². The molecule has 2 N–H and O–H groups in total. The van der Waals surface area contributed by atoms with Crippen LogP contribution in [0.5, 0.6) is 0 Å². The molecule has 0 radical (unpaired) electrons. The van der Waals surface area contributed by atoms with Crippen LogP contribution >= 0.6 is 11.8 Å². The number of carbonyl (C=O) groups excluding carboxylic acids is 2. The summed E-state index contributed by atoms with van der Waals surface area (Å²) in [5.74, 6) is 0.489. The molecule has 33 heavy (non-hydrogen) atoms. The van der Waals surface area contributed by atoms with Gasteiger partial charge in [0.25, 0.3) is 5.91 Å². The Bertz CT molecular complexity index is 1130. The minimum absolute atomic E-state index is 0.116. The summed E-state index contributed by atoms with van der Waals surface area (Å²) >= 11 is 1.30. The lowest BCUT2D eigenvalue weighted by atomic mass is 10.1. The maximum absolute atomic E-state index is 12.6. The fourth-order valence-electron chi connectivity index (χ4n) is 3.64. The number of rotatable bonds is 9. The van der Waals surface area contributed by atoms with Crippen LogP contribution in [0.1, 0.15) is 45.8 Å². The minimum atomic E-state index is -0.369. The Morgan fingerprint density at radius 2 is 1.79 bits per heavy atom. The number of allylic oxidation sites excluding steroid dienone is 1. The highest BCUT2D eigenvalue weighted by molar-refractivity contribution is 7.99. The van der Waals surface area contributed by atoms with Crippen molar-refractivity contribution in [3.63, 3.8) is 0 Å². The summed E-state index contributed by atoms with van der Waals surface area (Å²) in [6.07, 6.45) is 1.74. The standard InChI is InChI=1S/C25H29N5O2S/c1-6-12-30-23(19(5)26-24(32)20-10-8-7-9-11-20)28-29-25(30)33-15-21(31)27-22-17(3)13-16(2)14-18(22)4/h6-11,13-14,19H,1,12,15H2,2-5H3,(H,26,32)(H,27,31)/t19-/m0/s1. The van der Waals surface area contributed by atoms with E-state index in [4.69, 9.17) is 0 Å². The smallest absolute Gasteiger partial charge is 0.251 e. The maximum Gasteiger partial charge on any atom is 0.251 e. The molecule has 0 aliphatic heterocycles. The Labute approximate surface area is 198 Å². The highest BCUT2D eigenvalue weighted by atomic mass is 32.2. The van der Waals surface area contributed by atoms with Gasteiger partial charge in [-0.2, -0.15) is 0 Å². The highest BCUT2D eigenvalue weighted by Gasteiger charge is 2.20. The molecule has 0 aliphatic rings. The molecule has 0 unspecified atom stereocenters. The van der Waals surface area contributed by atoms with Gasteiger partial charge in [0, 0.05) is 17.8 Å². The van der Waals surface area contributed by atoms with Crippen LogP contribution in [0.2, 0.25) is 0 Å². The molecule has 3 aromatic rings. The Kier molecular flexibility index (Phi) is 8.06. The Morgan fingerprint density at radius 1 is 1.12 bits per heavy atom. The Hall–Kier alpha value is -3.39. The number of thioether (sulfide) groups is 1. The number of benzene rings is 2. The van der Waals surface area contributed by atoms with Crippen LogP contribution < -0.4 is 10.6 Å². The minimum Gasteiger partial charge on any atom is -0.342 e. The quantitative estimate of drug-likeness (QED) is 0.357. The zero-order chi connectivity index (χ0) is 24.0. The summed E-state index contributed by atoms with van der Waals surface area (Å²) in [6, 6.07) is 12.7. The van der Waals surface area contributed by atoms with Crippen molar-refractivity contribution in [2.75, 3.05) is 11.1 Å². The molecule has 2 aromatic carbocycles. The van der Waals surface area contributed by atoms with Crippen molar-refractivity contribution in [3.8, 4) is 0 Å². The van der Waals surface area contributed by atoms with Crippen LogP contribution in [0.15, 0.2) is 60.3 Å². The van der Waals surface area contributed by atoms with Crippen molar-refractivity contribution >= 4 is 29.3 Å². The summed E-state index contributed by atoms with van der Waals surface area (Å²) in [7, 11) is 0. The molecule has 0 fully saturated rings. The second kappa shape index (κ2) is 11.0. The van der Waals surface area contributed by atoms with Gasteiger partial charge in [-0.3, -0.25) is 9.59 Å². The van der Waals surface area contributed by atoms with Crippen LogP contribution in [0.25, 0.3) is 0 Å². The molecule has 0 bridgehead atoms. The number of nitrogens with zero attached hydrogens (tertiary/aromatic N) is 3. The lowest BCUT2D eigenvalue weighted by molar-refractivity contribution is -0.113. The van der Waals surface area contributed by atoms with E-state index in [1.54, 1.807) is 18.2 Å². The van der Waals surface area contributed by atoms with Gasteiger partial charge in [0.05, 0.1) is 11.8 Å². The summed E-state index contributed by atoms with van der Waals surface area (Å²) in [6.45, 7) is 12.1. The Morgan fingerprint density at radius 3 is 2.42 bits per heavy atom. The third kappa shape index (κ3) is 6.10. The monoisotopic (exact) mass is 463 g/mol. The van der Waals surface area contributed by atoms with Crippen LogP contribution in [-0.2, 0) is 11.3 Å². The molecule has 1 aromatic heterocycles. The zero-order valence-electron chi connectivity index (χ0n) is 19.4. The van der Waals surface area contributed by atoms with Crippen molar-refractivity contribution in [1.29, 1.82) is 0 Å². The lowest BCUT2D eigenvalue weighted by Gasteiger charge is -2.15. The van der Waals surface area contributed by atoms with Crippen molar-refractivity contribution in [2.45, 2.75) is 45.4 Å². The normalized spacial score (nSPS) is 11.6. The van der Waals surface area contributed by atoms with Gasteiger partial charge in [0.15, 0.2) is 11.0 Å². The summed E-state index contributed by atoms with van der Waals surface area (Å²) < 4.78 is 1.86. The van der Waals surface area contributed by atoms with Crippen LogP contribution in [0.4, 0.5) is 5.69 Å². The molecule has 2 amide bonds. The number of amides is 2. The fourth-order valence-corrected chi connectivity index (χ4v) is 4.40. The van der Waals surface area contributed by atoms with Gasteiger partial charge in [-0.05, 0) is 51.0 Å². The average molecular weight is 464 g/mol. The number of hydrogen-bond donors (Lipinski definition) is 2. The first-order chi connectivity index (χ1) is 15.8. The number of nitrogens with one attached hydrogen (secondary N) is 2. The molecule has 1 heterocycles. The molecule has 8 heteroatoms. The molecule has 0 saturated carbocycles. The highest BCUT2D eigenvalue weighted by Crippen LogP contribution is 2.24. The van der Waals surface area contributed by atoms with Gasteiger partial charge in [0.1, 0.15) is 0 Å². The third-order valence-electron chi connectivity index (χ3n) is 5.10. The fraction of sp³-hybridized carbons (Fsp3) is 0.280. The van der Waals surface area contributed by atoms with E-state index in [1.165, 1.54) is 11.8 Å². The summed E-state index contributed by atoms with van der Waals surface area (Å²) in [5, 5.41) is 15.1. The lowest BCUT2D eigenvalue weighted by Crippen LogP contribution is -2.28. The van der Waals surface area contributed by atoms with Crippen LogP contribution in [0.3, 0.4) is 0 Å². The molecule has 0 saturated heterocycles. The van der Waals surface area contributed by atoms with Gasteiger partial charge in [-0.15, -0.1) is 16.8 Å². The zero-order valence-corrected chi connectivity index (χ0v) is 20.2. The summed E-state index contributed by atoms with van der Waals surface area (Å²) in [4.78, 5) is 25.1. The maximum atomic E-state index is 12.6. The predicted octanol–water partition coefficient (Wildman–Crippen LogP) is 4.61. The van der Waals surface area contributed by atoms with Crippen molar-refractivity contribution in [3.05, 3.63) is 83.2 Å². The van der Waals surface area contributed by atoms with Gasteiger partial charge < -0.3 is 15.2 Å². The van der Waals surface area contributed by atoms with E-state index in [0.717, 1.165) is 22.4 Å². The largest absolute Gasteiger partial charge is 0.342 e. The SMILES string of the molecule is C=CCn1c(SCC(=O)Nc2c(C)cc(C)cc2C)nnc1[C@H](C)NC(=O)c1ccccc1. The van der Waals surface area contributed by atoms with Gasteiger partial charge in [-0.1, -0.05) is 53.7 Å². The van der Waals surface area contributed by atoms with E-state index in [2.05, 4.69) is 27.4 Å². The molecule has 172 valence electrons. The van der Waals surface area contributed by atoms with E-state index >= 15 is 0 Å². The number of aromatic nitrogens is 3. The van der Waals surface area contributed by atoms with E-state index in [-0.39, 0.29) is 23.6 Å². The number of hydrogen-bond acceptors (Lipinski definition) is 5. The van der Waals surface area contributed by atoms with Crippen LogP contribution in [0, 0.1) is 20.8 Å². The van der Waals surface area contributed by atoms with E-state index in [1.807, 2.05) is 62.6 Å². The second-order valence-corrected chi connectivity index (χ2v) is 8.85. The first-order valence-corrected chi connectivity index (χ1v) is 11.7. The molecule has 1 atom stereocenters. The first-order valence-electron chi connectivity index (χ1n) is 10.7. The first kappa shape index (κ1) is 24.3. The number of aryl methyl sites for hydroxylation is 3.